The summed E-state index contributed by atoms with van der Waals surface area (Å²) in [6, 6.07) is 152. The predicted molar refractivity (Wildman–Crippen MR) is 475 cm³/mol. The molecule has 0 atom stereocenters. The first-order valence-electron chi connectivity index (χ1n) is 38.7. The molecule has 5 nitrogen and oxygen atoms in total. The average Bonchev–Trinajstić information content (AvgIpc) is 1.58. The van der Waals surface area contributed by atoms with Crippen molar-refractivity contribution in [1.82, 2.24) is 4.57 Å². The molecular weight excluding hydrogens is 1370 g/mol. The van der Waals surface area contributed by atoms with Gasteiger partial charge in [-0.05, 0) is 162 Å². The van der Waals surface area contributed by atoms with Crippen LogP contribution in [0.4, 0.5) is 34.1 Å². The molecule has 0 N–H and O–H groups in total. The van der Waals surface area contributed by atoms with Crippen molar-refractivity contribution in [1.29, 1.82) is 0 Å². The Morgan fingerprint density at radius 2 is 0.593 bits per heavy atom. The Hall–Kier alpha value is -15.0. The molecule has 5 heteroatoms. The summed E-state index contributed by atoms with van der Waals surface area (Å²) < 4.78 is 16.6. The zero-order valence-corrected chi connectivity index (χ0v) is 61.5. The maximum Gasteiger partial charge on any atom is 0.143 e. The normalized spacial score (nSPS) is 11.7. The van der Waals surface area contributed by atoms with Gasteiger partial charge in [-0.1, -0.05) is 328 Å². The van der Waals surface area contributed by atoms with E-state index in [0.29, 0.717) is 0 Å². The molecule has 0 amide bonds. The number of para-hydroxylation sites is 9. The number of benzene rings is 19. The zero-order valence-electron chi connectivity index (χ0n) is 61.5. The molecule has 0 aliphatic heterocycles. The van der Waals surface area contributed by atoms with Crippen LogP contribution in [-0.4, -0.2) is 4.57 Å². The number of anilines is 6. The molecule has 0 aliphatic carbocycles. The molecule has 528 valence electrons. The molecule has 0 fully saturated rings. The van der Waals surface area contributed by atoms with Crippen LogP contribution in [0.3, 0.4) is 0 Å². The molecule has 22 rings (SSSR count). The van der Waals surface area contributed by atoms with Gasteiger partial charge in [-0.15, -0.1) is 0 Å². The maximum atomic E-state index is 7.46. The van der Waals surface area contributed by atoms with Crippen molar-refractivity contribution in [3.8, 4) is 83.6 Å². The molecular formula is C108H69N3O2. The summed E-state index contributed by atoms with van der Waals surface area (Å²) in [6.45, 7) is 0. The lowest BCUT2D eigenvalue weighted by atomic mass is 9.92. The van der Waals surface area contributed by atoms with Crippen molar-refractivity contribution in [2.24, 2.45) is 0 Å². The molecule has 0 unspecified atom stereocenters. The Balaban J connectivity index is 0.624. The molecule has 0 saturated heterocycles. The fraction of sp³-hybridized carbons (Fsp3) is 0. The summed E-state index contributed by atoms with van der Waals surface area (Å²) in [5.41, 5.74) is 28.6. The number of rotatable bonds is 14. The molecule has 0 aliphatic rings. The highest BCUT2D eigenvalue weighted by Crippen LogP contribution is 2.51. The van der Waals surface area contributed by atoms with E-state index in [1.807, 2.05) is 6.07 Å². The van der Waals surface area contributed by atoms with Crippen LogP contribution in [0.15, 0.2) is 427 Å². The maximum absolute atomic E-state index is 7.46. The van der Waals surface area contributed by atoms with Crippen molar-refractivity contribution in [3.63, 3.8) is 0 Å². The minimum atomic E-state index is 0.832. The third kappa shape index (κ3) is 11.0. The van der Waals surface area contributed by atoms with Crippen molar-refractivity contribution >= 4 is 132 Å². The minimum absolute atomic E-state index is 0.832. The van der Waals surface area contributed by atoms with E-state index in [-0.39, 0.29) is 0 Å². The summed E-state index contributed by atoms with van der Waals surface area (Å²) in [4.78, 5) is 4.83. The smallest absolute Gasteiger partial charge is 0.143 e. The van der Waals surface area contributed by atoms with Gasteiger partial charge in [0.15, 0.2) is 0 Å². The van der Waals surface area contributed by atoms with Crippen molar-refractivity contribution < 1.29 is 8.83 Å². The largest absolute Gasteiger partial charge is 0.455 e. The van der Waals surface area contributed by atoms with Gasteiger partial charge in [-0.25, -0.2) is 0 Å². The van der Waals surface area contributed by atoms with Gasteiger partial charge in [0.05, 0.1) is 33.8 Å². The minimum Gasteiger partial charge on any atom is -0.455 e. The topological polar surface area (TPSA) is 37.7 Å². The Morgan fingerprint density at radius 3 is 1.29 bits per heavy atom. The van der Waals surface area contributed by atoms with Crippen LogP contribution >= 0.6 is 0 Å². The van der Waals surface area contributed by atoms with E-state index in [1.54, 1.807) is 0 Å². The highest BCUT2D eigenvalue weighted by molar-refractivity contribution is 6.16. The summed E-state index contributed by atoms with van der Waals surface area (Å²) in [5, 5.41) is 13.9. The van der Waals surface area contributed by atoms with Gasteiger partial charge in [0.2, 0.25) is 0 Å². The third-order valence-electron chi connectivity index (χ3n) is 23.0. The van der Waals surface area contributed by atoms with Gasteiger partial charge in [0.1, 0.15) is 22.3 Å². The van der Waals surface area contributed by atoms with Gasteiger partial charge in [0.25, 0.3) is 0 Å². The second-order valence-corrected chi connectivity index (χ2v) is 29.3. The zero-order chi connectivity index (χ0) is 74.5. The SMILES string of the molecule is c1cc(-c2ccc(N(c3ccccc3-c3cccc4c3oc3ccccc34)c3cccc4ccccc34)cc2)cc(-c2cccc3ccc(-c4cccc5c4oc4c(-c6ccccc6N(c6ccc(-c7ccccc7-n7c8ccccc8c8ccccc87)cc6)c6cccc(-c7cccc8ccccc78)c6)cccc45)cc23)c1. The number of furan rings is 2. The van der Waals surface area contributed by atoms with Crippen LogP contribution in [-0.2, 0) is 0 Å². The van der Waals surface area contributed by atoms with E-state index in [1.165, 1.54) is 43.5 Å². The molecule has 113 heavy (non-hydrogen) atoms. The second kappa shape index (κ2) is 27.0. The molecule has 0 spiro atoms. The first-order chi connectivity index (χ1) is 56.1. The van der Waals surface area contributed by atoms with Crippen LogP contribution in [0.5, 0.6) is 0 Å². The van der Waals surface area contributed by atoms with Gasteiger partial charge in [-0.2, -0.15) is 0 Å². The second-order valence-electron chi connectivity index (χ2n) is 29.3. The van der Waals surface area contributed by atoms with Crippen LogP contribution in [0, 0.1) is 0 Å². The highest BCUT2D eigenvalue weighted by atomic mass is 16.3. The highest BCUT2D eigenvalue weighted by Gasteiger charge is 2.26. The summed E-state index contributed by atoms with van der Waals surface area (Å²) in [6.07, 6.45) is 0. The fourth-order valence-corrected chi connectivity index (χ4v) is 17.8. The Kier molecular flexibility index (Phi) is 15.5. The fourth-order valence-electron chi connectivity index (χ4n) is 17.8. The van der Waals surface area contributed by atoms with E-state index in [0.717, 1.165) is 172 Å². The van der Waals surface area contributed by atoms with Crippen molar-refractivity contribution in [2.45, 2.75) is 0 Å². The Labute approximate surface area is 653 Å². The molecule has 3 aromatic heterocycles. The van der Waals surface area contributed by atoms with Crippen molar-refractivity contribution in [2.75, 3.05) is 9.80 Å². The third-order valence-corrected chi connectivity index (χ3v) is 23.0. The quantitative estimate of drug-likeness (QED) is 0.109. The number of fused-ring (bicyclic) bond motifs is 12. The first-order valence-corrected chi connectivity index (χ1v) is 38.7. The monoisotopic (exact) mass is 1440 g/mol. The lowest BCUT2D eigenvalue weighted by Gasteiger charge is -2.29. The first kappa shape index (κ1) is 65.1. The van der Waals surface area contributed by atoms with E-state index < -0.39 is 0 Å². The lowest BCUT2D eigenvalue weighted by molar-refractivity contribution is 0.670. The van der Waals surface area contributed by atoms with E-state index in [9.17, 15) is 0 Å². The number of hydrogen-bond acceptors (Lipinski definition) is 4. The van der Waals surface area contributed by atoms with E-state index in [4.69, 9.17) is 8.83 Å². The van der Waals surface area contributed by atoms with Gasteiger partial charge in [-0.3, -0.25) is 0 Å². The molecule has 0 bridgehead atoms. The summed E-state index contributed by atoms with van der Waals surface area (Å²) >= 11 is 0. The van der Waals surface area contributed by atoms with E-state index in [2.05, 4.69) is 427 Å². The van der Waals surface area contributed by atoms with Crippen molar-refractivity contribution in [3.05, 3.63) is 419 Å². The van der Waals surface area contributed by atoms with Gasteiger partial charge in [0, 0.05) is 88.1 Å². The lowest BCUT2D eigenvalue weighted by Crippen LogP contribution is -2.11. The molecule has 3 heterocycles. The van der Waals surface area contributed by atoms with Crippen LogP contribution in [0.25, 0.3) is 182 Å². The van der Waals surface area contributed by atoms with Gasteiger partial charge < -0.3 is 23.2 Å². The summed E-state index contributed by atoms with van der Waals surface area (Å²) in [7, 11) is 0. The molecule has 22 aromatic rings. The number of hydrogen-bond donors (Lipinski definition) is 0. The van der Waals surface area contributed by atoms with Crippen LogP contribution < -0.4 is 9.80 Å². The summed E-state index contributed by atoms with van der Waals surface area (Å²) in [5.74, 6) is 0. The van der Waals surface area contributed by atoms with E-state index >= 15 is 0 Å². The molecule has 19 aromatic carbocycles. The van der Waals surface area contributed by atoms with Crippen LogP contribution in [0.2, 0.25) is 0 Å². The van der Waals surface area contributed by atoms with Crippen LogP contribution in [0.1, 0.15) is 0 Å². The Morgan fingerprint density at radius 1 is 0.186 bits per heavy atom. The predicted octanol–water partition coefficient (Wildman–Crippen LogP) is 30.7. The van der Waals surface area contributed by atoms with Gasteiger partial charge >= 0.3 is 0 Å². The average molecular weight is 1440 g/mol. The Bertz CT molecular complexity index is 7460. The molecule has 0 saturated carbocycles. The standard InChI is InChI=1S/C108H69N3O2/c1-3-34-82-71(25-1)27-19-42-83(82)77-32-18-33-81(68-77)109(79-65-61-74(62-66-79)86-36-5-11-50-100(86)111-103-53-14-6-37-88(103)89-38-7-15-54-104(89)111)101-51-12-8-39-90(101)94-46-24-49-97-96-48-22-44-87(106(96)113-108(94)97)78-58-57-73-28-20-43-84(98(73)69-78)76-31-17-30-75(67-76)70-59-63-80(64-60-70)110(99-55-21-29-72-26-2-4-35-85(72)99)102-52-13-9-40-91(102)93-45-23-47-95-92-41-10-16-56-105(92)112-107(93)95/h1-69H. The number of aromatic nitrogens is 1. The number of nitrogens with zero attached hydrogens (tertiary/aromatic N) is 3. The molecule has 0 radical (unpaired) electrons.